The number of hydrogen-bond donors (Lipinski definition) is 1. The number of nitrogens with zero attached hydrogens (tertiary/aromatic N) is 1. The van der Waals surface area contributed by atoms with Gasteiger partial charge in [-0.1, -0.05) is 13.8 Å². The van der Waals surface area contributed by atoms with Gasteiger partial charge in [0.05, 0.1) is 0 Å². The van der Waals surface area contributed by atoms with Gasteiger partial charge in [-0.25, -0.2) is 0 Å². The molecule has 0 saturated carbocycles. The maximum Gasteiger partial charge on any atom is 0.253 e. The summed E-state index contributed by atoms with van der Waals surface area (Å²) in [5, 5.41) is 3.32. The van der Waals surface area contributed by atoms with Crippen LogP contribution in [0, 0.1) is 12.8 Å². The first kappa shape index (κ1) is 13.5. The summed E-state index contributed by atoms with van der Waals surface area (Å²) in [5.41, 5.74) is 0.868. The highest BCUT2D eigenvalue weighted by Gasteiger charge is 2.01. The molecule has 0 radical (unpaired) electrons. The lowest BCUT2D eigenvalue weighted by atomic mass is 10.2. The van der Waals surface area contributed by atoms with E-state index in [0.717, 1.165) is 23.1 Å². The minimum Gasteiger partial charge on any atom is -0.315 e. The zero-order valence-corrected chi connectivity index (χ0v) is 11.7. The number of rotatable bonds is 5. The molecule has 90 valence electrons. The molecule has 0 spiro atoms. The second-order valence-electron chi connectivity index (χ2n) is 4.44. The van der Waals surface area contributed by atoms with E-state index in [9.17, 15) is 4.79 Å². The number of halogens is 1. The molecule has 1 N–H and O–H groups in total. The van der Waals surface area contributed by atoms with E-state index in [1.807, 2.05) is 19.2 Å². The van der Waals surface area contributed by atoms with Gasteiger partial charge < -0.3 is 9.88 Å². The molecule has 0 aromatic carbocycles. The molecular formula is C12H19BrN2O. The normalized spacial score (nSPS) is 11.1. The number of nitrogens with one attached hydrogen (secondary N) is 1. The second-order valence-corrected chi connectivity index (χ2v) is 5.35. The molecule has 0 aliphatic rings. The number of hydrogen-bond acceptors (Lipinski definition) is 2. The number of aryl methyl sites for hydroxylation is 1. The first-order chi connectivity index (χ1) is 7.50. The first-order valence-electron chi connectivity index (χ1n) is 5.58. The van der Waals surface area contributed by atoms with Gasteiger partial charge in [-0.2, -0.15) is 0 Å². The minimum atomic E-state index is 0.0922. The van der Waals surface area contributed by atoms with Crippen LogP contribution in [0.1, 0.15) is 19.4 Å². The summed E-state index contributed by atoms with van der Waals surface area (Å²) in [6.07, 6.45) is 1.84. The van der Waals surface area contributed by atoms with Crippen LogP contribution < -0.4 is 10.9 Å². The fraction of sp³-hybridized carbons (Fsp3) is 0.583. The molecule has 0 atom stereocenters. The molecule has 3 nitrogen and oxygen atoms in total. The fourth-order valence-electron chi connectivity index (χ4n) is 1.50. The lowest BCUT2D eigenvalue weighted by Crippen LogP contribution is -2.29. The molecule has 4 heteroatoms. The maximum atomic E-state index is 11.8. The van der Waals surface area contributed by atoms with E-state index in [1.54, 1.807) is 4.57 Å². The van der Waals surface area contributed by atoms with E-state index in [-0.39, 0.29) is 5.56 Å². The summed E-state index contributed by atoms with van der Waals surface area (Å²) in [5.74, 6) is 0.640. The highest BCUT2D eigenvalue weighted by Crippen LogP contribution is 2.07. The monoisotopic (exact) mass is 286 g/mol. The van der Waals surface area contributed by atoms with Gasteiger partial charge in [0.2, 0.25) is 0 Å². The Kier molecular flexibility index (Phi) is 5.22. The Morgan fingerprint density at radius 3 is 2.81 bits per heavy atom. The van der Waals surface area contributed by atoms with Crippen molar-refractivity contribution >= 4 is 15.9 Å². The van der Waals surface area contributed by atoms with E-state index in [1.165, 1.54) is 0 Å². The zero-order chi connectivity index (χ0) is 12.1. The van der Waals surface area contributed by atoms with Gasteiger partial charge in [0.25, 0.3) is 5.56 Å². The van der Waals surface area contributed by atoms with Crippen molar-refractivity contribution in [1.29, 1.82) is 0 Å². The molecule has 0 saturated heterocycles. The Labute approximate surface area is 105 Å². The number of pyridine rings is 1. The van der Waals surface area contributed by atoms with Gasteiger partial charge >= 0.3 is 0 Å². The summed E-state index contributed by atoms with van der Waals surface area (Å²) in [7, 11) is 0. The summed E-state index contributed by atoms with van der Waals surface area (Å²) in [4.78, 5) is 11.8. The smallest absolute Gasteiger partial charge is 0.253 e. The van der Waals surface area contributed by atoms with Crippen molar-refractivity contribution in [3.63, 3.8) is 0 Å². The second kappa shape index (κ2) is 6.21. The lowest BCUT2D eigenvalue weighted by molar-refractivity contribution is 0.519. The average Bonchev–Trinajstić information content (AvgIpc) is 2.19. The van der Waals surface area contributed by atoms with Crippen LogP contribution in [0.25, 0.3) is 0 Å². The predicted molar refractivity (Wildman–Crippen MR) is 70.8 cm³/mol. The van der Waals surface area contributed by atoms with Crippen LogP contribution in [0.5, 0.6) is 0 Å². The van der Waals surface area contributed by atoms with Crippen molar-refractivity contribution in [3.8, 4) is 0 Å². The Hall–Kier alpha value is -0.610. The van der Waals surface area contributed by atoms with Crippen LogP contribution >= 0.6 is 15.9 Å². The summed E-state index contributed by atoms with van der Waals surface area (Å²) in [6.45, 7) is 8.71. The molecule has 0 unspecified atom stereocenters. The molecule has 1 rings (SSSR count). The molecule has 1 aromatic rings. The van der Waals surface area contributed by atoms with Crippen molar-refractivity contribution in [2.45, 2.75) is 27.3 Å². The van der Waals surface area contributed by atoms with Crippen LogP contribution in [0.3, 0.4) is 0 Å². The molecule has 1 heterocycles. The van der Waals surface area contributed by atoms with E-state index in [4.69, 9.17) is 0 Å². The molecule has 16 heavy (non-hydrogen) atoms. The van der Waals surface area contributed by atoms with Crippen LogP contribution in [0.4, 0.5) is 0 Å². The molecule has 0 amide bonds. The van der Waals surface area contributed by atoms with E-state index < -0.39 is 0 Å². The summed E-state index contributed by atoms with van der Waals surface area (Å²) < 4.78 is 2.70. The van der Waals surface area contributed by atoms with Crippen molar-refractivity contribution < 1.29 is 0 Å². The standard InChI is InChI=1S/C12H19BrN2O/c1-9(2)7-14-4-5-15-8-11(13)6-10(3)12(15)16/h6,8-9,14H,4-5,7H2,1-3H3. The van der Waals surface area contributed by atoms with Crippen LogP contribution in [-0.4, -0.2) is 17.7 Å². The Balaban J connectivity index is 2.57. The van der Waals surface area contributed by atoms with Gasteiger partial charge in [0, 0.05) is 29.3 Å². The van der Waals surface area contributed by atoms with Crippen molar-refractivity contribution in [2.24, 2.45) is 5.92 Å². The first-order valence-corrected chi connectivity index (χ1v) is 6.37. The molecule has 0 fully saturated rings. The van der Waals surface area contributed by atoms with Gasteiger partial charge in [-0.3, -0.25) is 4.79 Å². The van der Waals surface area contributed by atoms with Crippen LogP contribution in [0.2, 0.25) is 0 Å². The SMILES string of the molecule is Cc1cc(Br)cn(CCNCC(C)C)c1=O. The van der Waals surface area contributed by atoms with E-state index >= 15 is 0 Å². The fourth-order valence-corrected chi connectivity index (χ4v) is 2.09. The zero-order valence-electron chi connectivity index (χ0n) is 10.1. The van der Waals surface area contributed by atoms with Gasteiger partial charge in [-0.05, 0) is 41.4 Å². The number of aromatic nitrogens is 1. The van der Waals surface area contributed by atoms with Gasteiger partial charge in [0.15, 0.2) is 0 Å². The average molecular weight is 287 g/mol. The third-order valence-corrected chi connectivity index (χ3v) is 2.75. The Morgan fingerprint density at radius 1 is 1.50 bits per heavy atom. The maximum absolute atomic E-state index is 11.8. The Morgan fingerprint density at radius 2 is 2.19 bits per heavy atom. The summed E-state index contributed by atoms with van der Waals surface area (Å²) in [6, 6.07) is 1.85. The van der Waals surface area contributed by atoms with Crippen LogP contribution in [-0.2, 0) is 6.54 Å². The molecule has 0 bridgehead atoms. The molecule has 1 aromatic heterocycles. The van der Waals surface area contributed by atoms with Gasteiger partial charge in [0.1, 0.15) is 0 Å². The molecule has 0 aliphatic carbocycles. The van der Waals surface area contributed by atoms with Crippen molar-refractivity contribution in [2.75, 3.05) is 13.1 Å². The van der Waals surface area contributed by atoms with E-state index in [0.29, 0.717) is 12.5 Å². The highest BCUT2D eigenvalue weighted by atomic mass is 79.9. The van der Waals surface area contributed by atoms with Crippen LogP contribution in [0.15, 0.2) is 21.5 Å². The predicted octanol–water partition coefficient (Wildman–Crippen LogP) is 2.16. The largest absolute Gasteiger partial charge is 0.315 e. The third kappa shape index (κ3) is 4.10. The summed E-state index contributed by atoms with van der Waals surface area (Å²) >= 11 is 3.40. The van der Waals surface area contributed by atoms with Gasteiger partial charge in [-0.15, -0.1) is 0 Å². The minimum absolute atomic E-state index is 0.0922. The quantitative estimate of drug-likeness (QED) is 0.842. The topological polar surface area (TPSA) is 34.0 Å². The molecular weight excluding hydrogens is 268 g/mol. The lowest BCUT2D eigenvalue weighted by Gasteiger charge is -2.10. The highest BCUT2D eigenvalue weighted by molar-refractivity contribution is 9.10. The van der Waals surface area contributed by atoms with Crippen molar-refractivity contribution in [3.05, 3.63) is 32.7 Å². The molecule has 0 aliphatic heterocycles. The van der Waals surface area contributed by atoms with Crippen molar-refractivity contribution in [1.82, 2.24) is 9.88 Å². The Bertz CT molecular complexity index is 398. The van der Waals surface area contributed by atoms with E-state index in [2.05, 4.69) is 35.1 Å². The third-order valence-electron chi connectivity index (χ3n) is 2.31.